The van der Waals surface area contributed by atoms with Gasteiger partial charge in [-0.2, -0.15) is 21.6 Å². The number of fused-ring (bicyclic) bond motifs is 2. The van der Waals surface area contributed by atoms with Crippen LogP contribution in [0.5, 0.6) is 0 Å². The molecule has 39 heavy (non-hydrogen) atoms. The molecule has 3 N–H and O–H groups in total. The Morgan fingerprint density at radius 1 is 1.15 bits per heavy atom. The maximum atomic E-state index is 13.7. The van der Waals surface area contributed by atoms with Crippen LogP contribution in [-0.4, -0.2) is 50.9 Å². The van der Waals surface area contributed by atoms with E-state index in [1.54, 1.807) is 0 Å². The minimum absolute atomic E-state index is 0.00686. The largest absolute Gasteiger partial charge is 0.511 e. The molecule has 0 spiro atoms. The number of benzene rings is 2. The number of rotatable bonds is 5. The molecule has 15 heteroatoms. The first-order valence-corrected chi connectivity index (χ1v) is 15.1. The van der Waals surface area contributed by atoms with E-state index in [1.165, 1.54) is 29.2 Å². The molecule has 1 amide bonds. The maximum Gasteiger partial charge on any atom is 0.416 e. The molecular formula is C24H23F3N4O6S2. The lowest BCUT2D eigenvalue weighted by atomic mass is 9.89. The van der Waals surface area contributed by atoms with Crippen molar-refractivity contribution >= 4 is 43.2 Å². The molecule has 1 aliphatic carbocycles. The van der Waals surface area contributed by atoms with Gasteiger partial charge in [0, 0.05) is 24.2 Å². The number of nitrogens with zero attached hydrogens (tertiary/aromatic N) is 2. The molecule has 0 bridgehead atoms. The number of carbonyl (C=O) groups is 1. The number of alkyl halides is 3. The minimum atomic E-state index is -4.51. The molecule has 0 unspecified atom stereocenters. The van der Waals surface area contributed by atoms with Crippen LogP contribution in [0.3, 0.4) is 0 Å². The van der Waals surface area contributed by atoms with Gasteiger partial charge in [-0.3, -0.25) is 9.52 Å². The Hall–Kier alpha value is -3.59. The highest BCUT2D eigenvalue weighted by atomic mass is 32.2. The summed E-state index contributed by atoms with van der Waals surface area (Å²) < 4.78 is 94.0. The van der Waals surface area contributed by atoms with Crippen LogP contribution in [0.15, 0.2) is 63.1 Å². The van der Waals surface area contributed by atoms with Crippen molar-refractivity contribution < 1.29 is 39.9 Å². The topological polar surface area (TPSA) is 145 Å². The van der Waals surface area contributed by atoms with Crippen molar-refractivity contribution in [2.24, 2.45) is 10.3 Å². The first-order chi connectivity index (χ1) is 18.1. The summed E-state index contributed by atoms with van der Waals surface area (Å²) in [6, 6.07) is 7.69. The third-order valence-electron chi connectivity index (χ3n) is 6.86. The first-order valence-electron chi connectivity index (χ1n) is 11.8. The van der Waals surface area contributed by atoms with Crippen molar-refractivity contribution in [1.82, 2.24) is 4.90 Å². The summed E-state index contributed by atoms with van der Waals surface area (Å²) in [5.74, 6) is -1.90. The van der Waals surface area contributed by atoms with Gasteiger partial charge >= 0.3 is 6.18 Å². The van der Waals surface area contributed by atoms with Gasteiger partial charge < -0.3 is 15.3 Å². The van der Waals surface area contributed by atoms with E-state index in [0.29, 0.717) is 24.8 Å². The number of halogens is 3. The Kier molecular flexibility index (Phi) is 6.41. The zero-order chi connectivity index (χ0) is 28.3. The average molecular weight is 585 g/mol. The second-order valence-corrected chi connectivity index (χ2v) is 12.9. The fourth-order valence-corrected chi connectivity index (χ4v) is 6.88. The number of amides is 1. The second kappa shape index (κ2) is 9.26. The van der Waals surface area contributed by atoms with E-state index in [0.717, 1.165) is 24.5 Å². The Bertz CT molecular complexity index is 1630. The van der Waals surface area contributed by atoms with E-state index in [-0.39, 0.29) is 34.1 Å². The normalized spacial score (nSPS) is 22.6. The molecule has 2 aromatic carbocycles. The highest BCUT2D eigenvalue weighted by molar-refractivity contribution is 7.92. The van der Waals surface area contributed by atoms with E-state index in [2.05, 4.69) is 14.4 Å². The number of amidine groups is 1. The van der Waals surface area contributed by atoms with Crippen LogP contribution in [0, 0.1) is 5.92 Å². The number of nitrogens with one attached hydrogen (secondary N) is 2. The fraction of sp³-hybridized carbons (Fsp3) is 0.333. The molecule has 3 aliphatic rings. The Morgan fingerprint density at radius 3 is 2.49 bits per heavy atom. The van der Waals surface area contributed by atoms with Crippen molar-refractivity contribution in [3.63, 3.8) is 0 Å². The summed E-state index contributed by atoms with van der Waals surface area (Å²) >= 11 is 0. The number of anilines is 2. The molecule has 1 saturated carbocycles. The number of hydrogen-bond donors (Lipinski definition) is 3. The lowest BCUT2D eigenvalue weighted by Crippen LogP contribution is -2.49. The van der Waals surface area contributed by atoms with Crippen LogP contribution >= 0.6 is 0 Å². The second-order valence-electron chi connectivity index (χ2n) is 9.62. The minimum Gasteiger partial charge on any atom is -0.511 e. The van der Waals surface area contributed by atoms with Crippen molar-refractivity contribution in [2.45, 2.75) is 42.9 Å². The van der Waals surface area contributed by atoms with Crippen LogP contribution in [0.4, 0.5) is 24.5 Å². The van der Waals surface area contributed by atoms with Crippen LogP contribution in [-0.2, 0) is 37.6 Å². The summed E-state index contributed by atoms with van der Waals surface area (Å²) in [5.41, 5.74) is -0.710. The molecule has 0 radical (unpaired) electrons. The van der Waals surface area contributed by atoms with Crippen molar-refractivity contribution in [3.05, 3.63) is 64.9 Å². The number of hydrogen-bond acceptors (Lipinski definition) is 7. The lowest BCUT2D eigenvalue weighted by molar-refractivity contribution is -0.137. The summed E-state index contributed by atoms with van der Waals surface area (Å²) in [4.78, 5) is 14.8. The zero-order valence-electron chi connectivity index (χ0n) is 20.4. The molecule has 5 rings (SSSR count). The summed E-state index contributed by atoms with van der Waals surface area (Å²) in [6.07, 6.45) is -1.84. The molecule has 2 atom stereocenters. The first kappa shape index (κ1) is 27.0. The van der Waals surface area contributed by atoms with Gasteiger partial charge in [-0.25, -0.2) is 8.42 Å². The fourth-order valence-electron chi connectivity index (χ4n) is 5.17. The van der Waals surface area contributed by atoms with Gasteiger partial charge in [0.2, 0.25) is 10.0 Å². The maximum absolute atomic E-state index is 13.7. The van der Waals surface area contributed by atoms with Crippen molar-refractivity contribution in [2.75, 3.05) is 16.3 Å². The van der Waals surface area contributed by atoms with Crippen molar-refractivity contribution in [3.8, 4) is 0 Å². The van der Waals surface area contributed by atoms with E-state index >= 15 is 0 Å². The number of carbonyl (C=O) groups excluding carboxylic acids is 1. The Balaban J connectivity index is 1.49. The van der Waals surface area contributed by atoms with E-state index in [1.807, 2.05) is 0 Å². The van der Waals surface area contributed by atoms with E-state index in [9.17, 15) is 39.9 Å². The number of aliphatic hydroxyl groups excluding tert-OH is 1. The Labute approximate surface area is 222 Å². The monoisotopic (exact) mass is 584 g/mol. The summed E-state index contributed by atoms with van der Waals surface area (Å²) in [6.45, 7) is -0.0495. The van der Waals surface area contributed by atoms with Gasteiger partial charge in [-0.1, -0.05) is 18.6 Å². The van der Waals surface area contributed by atoms with Crippen LogP contribution in [0.25, 0.3) is 0 Å². The standard InChI is InChI=1S/C24H23F3N4O6S2/c1-38(34,35)29-15-9-10-17-19(11-15)39(36,37)30-22(28-17)20-21(32)16-3-2-4-18(16)31(23(20)33)12-13-5-7-14(8-6-13)24(25,26)27/h5-11,16,18,29,32H,2-4,12H2,1H3,(H,28,30)/t16-,18+/m0/s1. The predicted molar refractivity (Wildman–Crippen MR) is 136 cm³/mol. The van der Waals surface area contributed by atoms with Crippen LogP contribution in [0.1, 0.15) is 30.4 Å². The van der Waals surface area contributed by atoms with Gasteiger partial charge in [0.05, 0.1) is 17.5 Å². The van der Waals surface area contributed by atoms with Crippen molar-refractivity contribution in [1.29, 1.82) is 0 Å². The van der Waals surface area contributed by atoms with E-state index in [4.69, 9.17) is 0 Å². The van der Waals surface area contributed by atoms with Gasteiger partial charge in [-0.15, -0.1) is 4.40 Å². The third kappa shape index (κ3) is 5.20. The summed E-state index contributed by atoms with van der Waals surface area (Å²) in [7, 11) is -8.10. The lowest BCUT2D eigenvalue weighted by Gasteiger charge is -2.39. The average Bonchev–Trinajstić information content (AvgIpc) is 3.31. The van der Waals surface area contributed by atoms with Crippen LogP contribution < -0.4 is 10.0 Å². The quantitative estimate of drug-likeness (QED) is 0.487. The molecular weight excluding hydrogens is 561 g/mol. The molecule has 2 aromatic rings. The van der Waals surface area contributed by atoms with Gasteiger partial charge in [0.15, 0.2) is 5.84 Å². The van der Waals surface area contributed by atoms with Crippen LogP contribution in [0.2, 0.25) is 0 Å². The summed E-state index contributed by atoms with van der Waals surface area (Å²) in [5, 5.41) is 13.8. The molecule has 208 valence electrons. The molecule has 10 nitrogen and oxygen atoms in total. The highest BCUT2D eigenvalue weighted by Crippen LogP contribution is 2.42. The zero-order valence-corrected chi connectivity index (χ0v) is 22.0. The van der Waals surface area contributed by atoms with Gasteiger partial charge in [0.25, 0.3) is 15.9 Å². The molecule has 0 saturated heterocycles. The molecule has 0 aromatic heterocycles. The third-order valence-corrected chi connectivity index (χ3v) is 8.78. The molecule has 2 aliphatic heterocycles. The Morgan fingerprint density at radius 2 is 1.85 bits per heavy atom. The van der Waals surface area contributed by atoms with Gasteiger partial charge in [-0.05, 0) is 48.7 Å². The smallest absolute Gasteiger partial charge is 0.416 e. The predicted octanol–water partition coefficient (Wildman–Crippen LogP) is 3.61. The number of sulfonamides is 2. The highest BCUT2D eigenvalue weighted by Gasteiger charge is 2.46. The van der Waals surface area contributed by atoms with Gasteiger partial charge in [0.1, 0.15) is 16.2 Å². The number of aliphatic hydroxyl groups is 1. The molecule has 2 heterocycles. The van der Waals surface area contributed by atoms with E-state index < -0.39 is 55.5 Å². The molecule has 1 fully saturated rings. The SMILES string of the molecule is CS(=O)(=O)Nc1ccc2c(c1)S(=O)(=O)N=C(C1=C(O)[C@H]3CCC[C@H]3N(Cc3ccc(C(F)(F)F)cc3)C1=O)N2.